The zero-order valence-electron chi connectivity index (χ0n) is 20.9. The van der Waals surface area contributed by atoms with Gasteiger partial charge in [-0.2, -0.15) is 0 Å². The minimum atomic E-state index is 0.636. The minimum absolute atomic E-state index is 0.636. The molecule has 4 nitrogen and oxygen atoms in total. The van der Waals surface area contributed by atoms with Crippen LogP contribution in [0.15, 0.2) is 133 Å². The largest absolute Gasteiger partial charge is 0.235 e. The quantitative estimate of drug-likeness (QED) is 0.228. The van der Waals surface area contributed by atoms with Gasteiger partial charge in [0.1, 0.15) is 5.01 Å². The third-order valence-electron chi connectivity index (χ3n) is 6.56. The molecule has 0 radical (unpaired) electrons. The summed E-state index contributed by atoms with van der Waals surface area (Å²) in [4.78, 5) is 19.9. The molecule has 0 amide bonds. The lowest BCUT2D eigenvalue weighted by atomic mass is 10.0. The summed E-state index contributed by atoms with van der Waals surface area (Å²) < 4.78 is 1.09. The van der Waals surface area contributed by atoms with Gasteiger partial charge in [0.05, 0.1) is 10.2 Å². The first-order valence-electron chi connectivity index (χ1n) is 12.7. The van der Waals surface area contributed by atoms with Crippen molar-refractivity contribution in [2.24, 2.45) is 0 Å². The highest BCUT2D eigenvalue weighted by atomic mass is 32.1. The lowest BCUT2D eigenvalue weighted by molar-refractivity contribution is 1.07. The van der Waals surface area contributed by atoms with E-state index in [2.05, 4.69) is 48.5 Å². The fourth-order valence-corrected chi connectivity index (χ4v) is 5.68. The summed E-state index contributed by atoms with van der Waals surface area (Å²) in [5, 5.41) is 0.991. The van der Waals surface area contributed by atoms with E-state index in [0.29, 0.717) is 17.5 Å². The fraction of sp³-hybridized carbons (Fsp3) is 0. The number of aromatic nitrogens is 4. The van der Waals surface area contributed by atoms with Gasteiger partial charge in [0.15, 0.2) is 17.5 Å². The molecule has 7 aromatic rings. The lowest BCUT2D eigenvalue weighted by Crippen LogP contribution is -2.00. The van der Waals surface area contributed by atoms with Crippen LogP contribution in [0.3, 0.4) is 0 Å². The molecule has 0 N–H and O–H groups in total. The highest BCUT2D eigenvalue weighted by molar-refractivity contribution is 7.21. The fourth-order valence-electron chi connectivity index (χ4n) is 4.64. The highest BCUT2D eigenvalue weighted by Crippen LogP contribution is 2.39. The Kier molecular flexibility index (Phi) is 5.96. The van der Waals surface area contributed by atoms with Crippen LogP contribution < -0.4 is 0 Å². The molecule has 0 saturated carbocycles. The number of thiazole rings is 1. The molecule has 39 heavy (non-hydrogen) atoms. The maximum Gasteiger partial charge on any atom is 0.164 e. The van der Waals surface area contributed by atoms with Crippen LogP contribution in [0.25, 0.3) is 66.1 Å². The van der Waals surface area contributed by atoms with E-state index in [1.807, 2.05) is 84.9 Å². The van der Waals surface area contributed by atoms with E-state index >= 15 is 0 Å². The third kappa shape index (κ3) is 4.60. The predicted molar refractivity (Wildman–Crippen MR) is 160 cm³/mol. The first kappa shape index (κ1) is 23.1. The van der Waals surface area contributed by atoms with Crippen molar-refractivity contribution >= 4 is 21.6 Å². The second-order valence-electron chi connectivity index (χ2n) is 9.16. The molecule has 2 heterocycles. The lowest BCUT2D eigenvalue weighted by Gasteiger charge is -2.10. The molecular weight excluding hydrogens is 496 g/mol. The molecule has 0 atom stereocenters. The second kappa shape index (κ2) is 10.0. The summed E-state index contributed by atoms with van der Waals surface area (Å²) in [6.45, 7) is 0. The van der Waals surface area contributed by atoms with Crippen molar-refractivity contribution in [2.75, 3.05) is 0 Å². The van der Waals surface area contributed by atoms with E-state index in [9.17, 15) is 0 Å². The summed E-state index contributed by atoms with van der Waals surface area (Å²) >= 11 is 1.69. The molecule has 0 aliphatic heterocycles. The number of hydrogen-bond acceptors (Lipinski definition) is 5. The molecule has 0 unspecified atom stereocenters. The van der Waals surface area contributed by atoms with Gasteiger partial charge in [-0.15, -0.1) is 11.3 Å². The maximum absolute atomic E-state index is 5.09. The van der Waals surface area contributed by atoms with Gasteiger partial charge in [-0.3, -0.25) is 0 Å². The zero-order valence-corrected chi connectivity index (χ0v) is 21.7. The van der Waals surface area contributed by atoms with Crippen LogP contribution in [0.2, 0.25) is 0 Å². The molecule has 0 fully saturated rings. The van der Waals surface area contributed by atoms with E-state index in [1.54, 1.807) is 11.3 Å². The smallest absolute Gasteiger partial charge is 0.164 e. The van der Waals surface area contributed by atoms with Gasteiger partial charge in [0, 0.05) is 27.8 Å². The third-order valence-corrected chi connectivity index (χ3v) is 7.61. The summed E-state index contributed by atoms with van der Waals surface area (Å²) in [7, 11) is 0. The monoisotopic (exact) mass is 518 g/mol. The van der Waals surface area contributed by atoms with Crippen molar-refractivity contribution in [3.8, 4) is 55.9 Å². The minimum Gasteiger partial charge on any atom is -0.235 e. The normalized spacial score (nSPS) is 11.1. The predicted octanol–water partition coefficient (Wildman–Crippen LogP) is 8.82. The molecule has 184 valence electrons. The van der Waals surface area contributed by atoms with Crippen LogP contribution in [0.4, 0.5) is 0 Å². The molecule has 5 heteroatoms. The highest BCUT2D eigenvalue weighted by Gasteiger charge is 2.17. The van der Waals surface area contributed by atoms with Crippen molar-refractivity contribution < 1.29 is 0 Å². The Morgan fingerprint density at radius 3 is 1.33 bits per heavy atom. The molecule has 5 aromatic carbocycles. The molecule has 0 spiro atoms. The average Bonchev–Trinajstić information content (AvgIpc) is 3.47. The van der Waals surface area contributed by atoms with Crippen molar-refractivity contribution in [1.82, 2.24) is 19.9 Å². The van der Waals surface area contributed by atoms with E-state index in [4.69, 9.17) is 19.9 Å². The average molecular weight is 519 g/mol. The SMILES string of the molecule is c1ccc(-c2nc(-c3ccccc3)nc(-c3cc(-c4ccccc4)c4nc(-c5ccccc5)sc4c3)n2)cc1. The van der Waals surface area contributed by atoms with Gasteiger partial charge in [-0.1, -0.05) is 121 Å². The number of rotatable bonds is 5. The van der Waals surface area contributed by atoms with Gasteiger partial charge in [-0.05, 0) is 17.7 Å². The molecule has 0 aliphatic carbocycles. The molecule has 7 rings (SSSR count). The maximum atomic E-state index is 5.09. The van der Waals surface area contributed by atoms with Crippen molar-refractivity contribution in [1.29, 1.82) is 0 Å². The number of nitrogens with zero attached hydrogens (tertiary/aromatic N) is 4. The first-order chi connectivity index (χ1) is 19.3. The molecular formula is C34H22N4S. The van der Waals surface area contributed by atoms with Crippen LogP contribution in [-0.2, 0) is 0 Å². The van der Waals surface area contributed by atoms with Crippen LogP contribution >= 0.6 is 11.3 Å². The van der Waals surface area contributed by atoms with E-state index in [-0.39, 0.29) is 0 Å². The molecule has 0 aliphatic rings. The van der Waals surface area contributed by atoms with Crippen LogP contribution in [0.5, 0.6) is 0 Å². The Bertz CT molecular complexity index is 1830. The number of fused-ring (bicyclic) bond motifs is 1. The Balaban J connectivity index is 1.47. The topological polar surface area (TPSA) is 51.6 Å². The van der Waals surface area contributed by atoms with Gasteiger partial charge in [-0.25, -0.2) is 19.9 Å². The first-order valence-corrected chi connectivity index (χ1v) is 13.6. The Morgan fingerprint density at radius 2 is 0.821 bits per heavy atom. The van der Waals surface area contributed by atoms with Gasteiger partial charge >= 0.3 is 0 Å². The summed E-state index contributed by atoms with van der Waals surface area (Å²) in [6, 6.07) is 45.2. The van der Waals surface area contributed by atoms with Crippen LogP contribution in [-0.4, -0.2) is 19.9 Å². The molecule has 2 aromatic heterocycles. The zero-order chi connectivity index (χ0) is 26.0. The van der Waals surface area contributed by atoms with E-state index in [1.165, 1.54) is 0 Å². The van der Waals surface area contributed by atoms with Crippen molar-refractivity contribution in [3.05, 3.63) is 133 Å². The molecule has 0 bridgehead atoms. The van der Waals surface area contributed by atoms with Crippen molar-refractivity contribution in [3.63, 3.8) is 0 Å². The van der Waals surface area contributed by atoms with Gasteiger partial charge < -0.3 is 0 Å². The van der Waals surface area contributed by atoms with Crippen LogP contribution in [0.1, 0.15) is 0 Å². The number of hydrogen-bond donors (Lipinski definition) is 0. The second-order valence-corrected chi connectivity index (χ2v) is 10.2. The number of benzene rings is 5. The van der Waals surface area contributed by atoms with E-state index in [0.717, 1.165) is 48.6 Å². The summed E-state index contributed by atoms with van der Waals surface area (Å²) in [5.41, 5.74) is 7.09. The Labute approximate surface area is 230 Å². The van der Waals surface area contributed by atoms with Crippen LogP contribution in [0, 0.1) is 0 Å². The molecule has 0 saturated heterocycles. The van der Waals surface area contributed by atoms with Gasteiger partial charge in [0.2, 0.25) is 0 Å². The van der Waals surface area contributed by atoms with Gasteiger partial charge in [0.25, 0.3) is 0 Å². The summed E-state index contributed by atoms with van der Waals surface area (Å²) in [5.74, 6) is 1.93. The Hall–Kier alpha value is -5.00. The summed E-state index contributed by atoms with van der Waals surface area (Å²) in [6.07, 6.45) is 0. The standard InChI is InChI=1S/C34H22N4S/c1-5-13-23(14-6-1)28-21-27(22-29-30(28)35-34(39-29)26-19-11-4-12-20-26)33-37-31(24-15-7-2-8-16-24)36-32(38-33)25-17-9-3-10-18-25/h1-22H. The van der Waals surface area contributed by atoms with Crippen molar-refractivity contribution in [2.45, 2.75) is 0 Å². The Morgan fingerprint density at radius 1 is 0.385 bits per heavy atom. The van der Waals surface area contributed by atoms with E-state index < -0.39 is 0 Å².